The van der Waals surface area contributed by atoms with Crippen LogP contribution in [0.15, 0.2) is 0 Å². The molecule has 0 saturated heterocycles. The minimum Gasteiger partial charge on any atom is -0.268 e. The van der Waals surface area contributed by atoms with E-state index in [1.54, 1.807) is 0 Å². The summed E-state index contributed by atoms with van der Waals surface area (Å²) in [6.07, 6.45) is 7.25. The Morgan fingerprint density at radius 3 is 1.67 bits per heavy atom. The van der Waals surface area contributed by atoms with Crippen LogP contribution in [-0.4, -0.2) is 84.0 Å². The van der Waals surface area contributed by atoms with Crippen LogP contribution in [0.1, 0.15) is 26.7 Å². The summed E-state index contributed by atoms with van der Waals surface area (Å²) in [4.78, 5) is 4.84. The van der Waals surface area contributed by atoms with Gasteiger partial charge in [0.05, 0.1) is 39.3 Å². The van der Waals surface area contributed by atoms with Gasteiger partial charge >= 0.3 is 0 Å². The Hall–Kier alpha value is -1.06. The Kier molecular flexibility index (Phi) is 5.02. The van der Waals surface area contributed by atoms with Gasteiger partial charge in [-0.15, -0.1) is 0 Å². The van der Waals surface area contributed by atoms with Crippen LogP contribution in [0.25, 0.3) is 0 Å². The molecule has 2 heterocycles. The number of rotatable bonds is 5. The van der Waals surface area contributed by atoms with E-state index < -0.39 is 0 Å². The lowest BCUT2D eigenvalue weighted by Crippen LogP contribution is -2.41. The molecule has 0 aromatic rings. The highest BCUT2D eigenvalue weighted by molar-refractivity contribution is 5.49. The first-order valence-corrected chi connectivity index (χ1v) is 7.48. The zero-order chi connectivity index (χ0) is 12.8. The topological polar surface area (TPSA) is 12.5 Å². The Labute approximate surface area is 111 Å². The largest absolute Gasteiger partial charge is 0.268 e. The van der Waals surface area contributed by atoms with Crippen molar-refractivity contribution in [2.24, 2.45) is 0 Å². The van der Waals surface area contributed by atoms with Crippen molar-refractivity contribution < 1.29 is 9.15 Å². The van der Waals surface area contributed by atoms with E-state index in [0.29, 0.717) is 0 Å². The molecule has 0 unspecified atom stereocenters. The highest BCUT2D eigenvalue weighted by Gasteiger charge is 2.17. The maximum atomic E-state index is 2.48. The molecule has 2 rings (SSSR count). The maximum Gasteiger partial charge on any atom is 0.234 e. The molecule has 0 bridgehead atoms. The molecule has 0 aromatic carbocycles. The lowest BCUT2D eigenvalue weighted by Gasteiger charge is -2.21. The van der Waals surface area contributed by atoms with Gasteiger partial charge in [0, 0.05) is 12.8 Å². The fourth-order valence-corrected chi connectivity index (χ4v) is 2.72. The minimum atomic E-state index is 1.13. The summed E-state index contributed by atoms with van der Waals surface area (Å²) < 4.78 is 4.96. The van der Waals surface area contributed by atoms with Crippen molar-refractivity contribution in [1.82, 2.24) is 9.80 Å². The summed E-state index contributed by atoms with van der Waals surface area (Å²) in [6.45, 7) is 14.0. The lowest BCUT2D eigenvalue weighted by atomic mass is 10.3. The van der Waals surface area contributed by atoms with E-state index >= 15 is 0 Å². The second-order valence-corrected chi connectivity index (χ2v) is 5.27. The van der Waals surface area contributed by atoms with E-state index in [1.165, 1.54) is 39.0 Å². The van der Waals surface area contributed by atoms with Gasteiger partial charge in [-0.2, -0.15) is 0 Å². The van der Waals surface area contributed by atoms with Crippen LogP contribution >= 0.6 is 0 Å². The molecule has 0 fully saturated rings. The predicted octanol–water partition coefficient (Wildman–Crippen LogP) is 0.519. The first-order chi connectivity index (χ1) is 8.81. The number of hydrogen-bond donors (Lipinski definition) is 0. The van der Waals surface area contributed by atoms with Gasteiger partial charge in [-0.3, -0.25) is 19.0 Å². The molecule has 2 aliphatic rings. The third-order valence-electron chi connectivity index (χ3n) is 3.92. The minimum absolute atomic E-state index is 1.13. The van der Waals surface area contributed by atoms with E-state index in [0.717, 1.165) is 26.2 Å². The van der Waals surface area contributed by atoms with Crippen LogP contribution < -0.4 is 0 Å². The Morgan fingerprint density at radius 2 is 1.28 bits per heavy atom. The van der Waals surface area contributed by atoms with Gasteiger partial charge in [0.25, 0.3) is 0 Å². The Morgan fingerprint density at radius 1 is 0.833 bits per heavy atom. The van der Waals surface area contributed by atoms with Crippen LogP contribution in [0.5, 0.6) is 0 Å². The van der Waals surface area contributed by atoms with Gasteiger partial charge in [0.1, 0.15) is 13.1 Å². The smallest absolute Gasteiger partial charge is 0.234 e. The van der Waals surface area contributed by atoms with Crippen molar-refractivity contribution in [3.05, 3.63) is 0 Å². The van der Waals surface area contributed by atoms with E-state index in [9.17, 15) is 0 Å². The number of nitrogens with zero attached hydrogens (tertiary/aromatic N) is 4. The van der Waals surface area contributed by atoms with E-state index in [4.69, 9.17) is 0 Å². The van der Waals surface area contributed by atoms with Gasteiger partial charge < -0.3 is 0 Å². The summed E-state index contributed by atoms with van der Waals surface area (Å²) in [5.41, 5.74) is 0. The molecule has 0 aliphatic carbocycles. The van der Waals surface area contributed by atoms with Crippen LogP contribution in [0.4, 0.5) is 0 Å². The fraction of sp³-hybridized carbons (Fsp3) is 0.857. The van der Waals surface area contributed by atoms with Crippen molar-refractivity contribution in [2.75, 3.05) is 52.4 Å². The van der Waals surface area contributed by atoms with Crippen LogP contribution in [0, 0.1) is 0 Å². The zero-order valence-electron chi connectivity index (χ0n) is 12.0. The average molecular weight is 252 g/mol. The normalized spacial score (nSPS) is 20.8. The molecule has 0 spiro atoms. The van der Waals surface area contributed by atoms with Crippen LogP contribution in [-0.2, 0) is 0 Å². The first-order valence-electron chi connectivity index (χ1n) is 7.48. The zero-order valence-corrected chi connectivity index (χ0v) is 12.0. The molecule has 102 valence electrons. The molecule has 0 saturated carbocycles. The third kappa shape index (κ3) is 3.72. The second kappa shape index (κ2) is 6.76. The molecule has 2 aliphatic heterocycles. The fourth-order valence-electron chi connectivity index (χ4n) is 2.72. The van der Waals surface area contributed by atoms with Crippen molar-refractivity contribution in [2.45, 2.75) is 26.7 Å². The summed E-state index contributed by atoms with van der Waals surface area (Å²) in [6, 6.07) is 0. The molecule has 0 amide bonds. The van der Waals surface area contributed by atoms with E-state index in [1.807, 2.05) is 0 Å². The quantitative estimate of drug-likeness (QED) is 0.662. The van der Waals surface area contributed by atoms with Crippen molar-refractivity contribution >= 4 is 12.7 Å². The maximum absolute atomic E-state index is 2.48. The second-order valence-electron chi connectivity index (χ2n) is 5.27. The molecule has 0 N–H and O–H groups in total. The molecular weight excluding hydrogens is 224 g/mol. The molecule has 4 nitrogen and oxygen atoms in total. The van der Waals surface area contributed by atoms with Gasteiger partial charge in [0.2, 0.25) is 12.7 Å². The molecule has 18 heavy (non-hydrogen) atoms. The van der Waals surface area contributed by atoms with Gasteiger partial charge in [-0.05, 0) is 13.8 Å². The van der Waals surface area contributed by atoms with Gasteiger partial charge in [-0.25, -0.2) is 0 Å². The highest BCUT2D eigenvalue weighted by atomic mass is 15.2. The monoisotopic (exact) mass is 252 g/mol. The highest BCUT2D eigenvalue weighted by Crippen LogP contribution is 1.99. The SMILES string of the molecule is CCN1C=[N+](CC[N+]2=CN(CC)CCC2)CCC1. The molecular formula is C14H28N4+2. The van der Waals surface area contributed by atoms with E-state index in [-0.39, 0.29) is 0 Å². The summed E-state index contributed by atoms with van der Waals surface area (Å²) in [5, 5.41) is 0. The van der Waals surface area contributed by atoms with Crippen molar-refractivity contribution in [1.29, 1.82) is 0 Å². The Bertz CT molecular complexity index is 290. The standard InChI is InChI=1S/C14H28N4/c1-3-15-7-5-9-17(13-15)11-12-18-10-6-8-16(4-2)14-18/h13-14H,3-12H2,1-2H3/q+2. The average Bonchev–Trinajstić information content (AvgIpc) is 2.45. The van der Waals surface area contributed by atoms with Crippen molar-refractivity contribution in [3.63, 3.8) is 0 Å². The molecule has 4 heteroatoms. The third-order valence-corrected chi connectivity index (χ3v) is 3.92. The first kappa shape index (κ1) is 13.4. The summed E-state index contributed by atoms with van der Waals surface area (Å²) in [7, 11) is 0. The molecule has 0 aromatic heterocycles. The summed E-state index contributed by atoms with van der Waals surface area (Å²) in [5.74, 6) is 0. The Balaban J connectivity index is 1.84. The predicted molar refractivity (Wildman–Crippen MR) is 75.8 cm³/mol. The van der Waals surface area contributed by atoms with Gasteiger partial charge in [0.15, 0.2) is 0 Å². The molecule has 0 radical (unpaired) electrons. The lowest BCUT2D eigenvalue weighted by molar-refractivity contribution is -0.602. The summed E-state index contributed by atoms with van der Waals surface area (Å²) >= 11 is 0. The van der Waals surface area contributed by atoms with Crippen LogP contribution in [0.2, 0.25) is 0 Å². The van der Waals surface area contributed by atoms with Crippen molar-refractivity contribution in [3.8, 4) is 0 Å². The van der Waals surface area contributed by atoms with E-state index in [2.05, 4.69) is 45.5 Å². The van der Waals surface area contributed by atoms with Crippen LogP contribution in [0.3, 0.4) is 0 Å². The van der Waals surface area contributed by atoms with Gasteiger partial charge in [-0.1, -0.05) is 0 Å². The number of hydrogen-bond acceptors (Lipinski definition) is 2. The molecule has 0 atom stereocenters.